The topological polar surface area (TPSA) is 13.1 Å². The van der Waals surface area contributed by atoms with Gasteiger partial charge in [0.1, 0.15) is 11.2 Å². The second kappa shape index (κ2) is 12.3. The molecule has 1 aliphatic rings. The first-order valence-electron chi connectivity index (χ1n) is 21.0. The fraction of sp³-hybridized carbons (Fsp3) is 0.0508. The van der Waals surface area contributed by atoms with E-state index in [-0.39, 0.29) is 5.41 Å². The van der Waals surface area contributed by atoms with E-state index in [4.69, 9.17) is 4.42 Å². The van der Waals surface area contributed by atoms with Gasteiger partial charge in [-0.1, -0.05) is 178 Å². The van der Waals surface area contributed by atoms with E-state index in [9.17, 15) is 0 Å². The van der Waals surface area contributed by atoms with Gasteiger partial charge in [-0.05, 0) is 134 Å². The second-order valence-corrected chi connectivity index (χ2v) is 17.2. The molecular weight excluding hydrogens is 725 g/mol. The van der Waals surface area contributed by atoms with Crippen molar-refractivity contribution in [3.8, 4) is 44.5 Å². The highest BCUT2D eigenvalue weighted by Crippen LogP contribution is 2.54. The van der Waals surface area contributed by atoms with Gasteiger partial charge in [-0.25, -0.2) is 0 Å². The van der Waals surface area contributed by atoms with Crippen LogP contribution in [0.3, 0.4) is 0 Å². The Hall–Kier alpha value is -7.48. The highest BCUT2D eigenvalue weighted by molar-refractivity contribution is 6.24. The average molecular weight is 763 g/mol. The van der Waals surface area contributed by atoms with Gasteiger partial charge >= 0.3 is 0 Å². The SMILES string of the molecule is CC1(C)c2cc(-c3ccc4cc(-c5c6ccccc6c(-c6cccc7ccccc67)c6ccccc56)ccc4c3)ccc2-c2ccc3c(oc4ccc5ccccc5c43)c21. The number of fused-ring (bicyclic) bond motifs is 13. The normalized spacial score (nSPS) is 13.3. The van der Waals surface area contributed by atoms with Gasteiger partial charge < -0.3 is 4.42 Å². The van der Waals surface area contributed by atoms with E-state index >= 15 is 0 Å². The van der Waals surface area contributed by atoms with Crippen molar-refractivity contribution in [3.63, 3.8) is 0 Å². The van der Waals surface area contributed by atoms with E-state index in [1.54, 1.807) is 0 Å². The summed E-state index contributed by atoms with van der Waals surface area (Å²) in [6.45, 7) is 4.71. The molecule has 0 N–H and O–H groups in total. The van der Waals surface area contributed by atoms with Crippen LogP contribution in [0.5, 0.6) is 0 Å². The summed E-state index contributed by atoms with van der Waals surface area (Å²) >= 11 is 0. The lowest BCUT2D eigenvalue weighted by molar-refractivity contribution is 0.620. The summed E-state index contributed by atoms with van der Waals surface area (Å²) in [6.07, 6.45) is 0. The van der Waals surface area contributed by atoms with Gasteiger partial charge in [-0.15, -0.1) is 0 Å². The van der Waals surface area contributed by atoms with E-state index in [0.29, 0.717) is 0 Å². The summed E-state index contributed by atoms with van der Waals surface area (Å²) in [5.74, 6) is 0. The maximum Gasteiger partial charge on any atom is 0.140 e. The van der Waals surface area contributed by atoms with Crippen LogP contribution in [0.1, 0.15) is 25.0 Å². The monoisotopic (exact) mass is 762 g/mol. The van der Waals surface area contributed by atoms with Gasteiger partial charge in [-0.2, -0.15) is 0 Å². The summed E-state index contributed by atoms with van der Waals surface area (Å²) in [5, 5.41) is 15.0. The minimum atomic E-state index is -0.232. The molecule has 12 aromatic rings. The van der Waals surface area contributed by atoms with Crippen molar-refractivity contribution in [2.45, 2.75) is 19.3 Å². The standard InChI is InChI=1S/C59H38O/c1-59(2)52-34-40(26-28-44(52)50-29-30-51-56-43-16-6-4-13-36(43)27-31-53(56)60-58(51)57(50)59)38-22-23-39-33-41(25-24-37(39)32-38)54-46-17-7-9-19-48(46)55(49-20-10-8-18-47(49)54)45-21-11-14-35-12-3-5-15-42(35)45/h3-34H,1-2H3. The number of hydrogen-bond acceptors (Lipinski definition) is 1. The van der Waals surface area contributed by atoms with Crippen LogP contribution in [0.25, 0.3) is 120 Å². The summed E-state index contributed by atoms with van der Waals surface area (Å²) < 4.78 is 6.76. The third-order valence-corrected chi connectivity index (χ3v) is 13.6. The summed E-state index contributed by atoms with van der Waals surface area (Å²) in [5.41, 5.74) is 14.4. The predicted octanol–water partition coefficient (Wildman–Crippen LogP) is 16.7. The zero-order valence-corrected chi connectivity index (χ0v) is 33.4. The van der Waals surface area contributed by atoms with E-state index in [1.807, 2.05) is 0 Å². The molecular formula is C59H38O. The largest absolute Gasteiger partial charge is 0.456 e. The molecule has 13 rings (SSSR count). The van der Waals surface area contributed by atoms with Crippen LogP contribution in [-0.4, -0.2) is 0 Å². The second-order valence-electron chi connectivity index (χ2n) is 17.2. The number of benzene rings is 11. The molecule has 0 atom stereocenters. The summed E-state index contributed by atoms with van der Waals surface area (Å²) in [7, 11) is 0. The molecule has 1 heteroatoms. The van der Waals surface area contributed by atoms with Crippen molar-refractivity contribution >= 4 is 75.8 Å². The van der Waals surface area contributed by atoms with Crippen LogP contribution in [0.4, 0.5) is 0 Å². The minimum absolute atomic E-state index is 0.232. The molecule has 1 nitrogen and oxygen atoms in total. The molecule has 1 heterocycles. The van der Waals surface area contributed by atoms with Gasteiger partial charge in [-0.3, -0.25) is 0 Å². The van der Waals surface area contributed by atoms with E-state index < -0.39 is 0 Å². The summed E-state index contributed by atoms with van der Waals surface area (Å²) in [4.78, 5) is 0. The van der Waals surface area contributed by atoms with E-state index in [0.717, 1.165) is 11.2 Å². The maximum atomic E-state index is 6.76. The smallest absolute Gasteiger partial charge is 0.140 e. The zero-order valence-electron chi connectivity index (χ0n) is 33.4. The van der Waals surface area contributed by atoms with Crippen molar-refractivity contribution < 1.29 is 4.42 Å². The quantitative estimate of drug-likeness (QED) is 0.163. The molecule has 0 spiro atoms. The van der Waals surface area contributed by atoms with Gasteiger partial charge in [0.05, 0.1) is 0 Å². The van der Waals surface area contributed by atoms with Crippen LogP contribution in [-0.2, 0) is 5.41 Å². The maximum absolute atomic E-state index is 6.76. The lowest BCUT2D eigenvalue weighted by atomic mass is 9.81. The number of hydrogen-bond donors (Lipinski definition) is 0. The zero-order chi connectivity index (χ0) is 39.7. The number of rotatable bonds is 3. The lowest BCUT2D eigenvalue weighted by Crippen LogP contribution is -2.15. The fourth-order valence-electron chi connectivity index (χ4n) is 10.8. The highest BCUT2D eigenvalue weighted by Gasteiger charge is 2.39. The van der Waals surface area contributed by atoms with Crippen LogP contribution < -0.4 is 0 Å². The Kier molecular flexibility index (Phi) is 6.85. The molecule has 1 aromatic heterocycles. The van der Waals surface area contributed by atoms with Crippen LogP contribution >= 0.6 is 0 Å². The van der Waals surface area contributed by atoms with Gasteiger partial charge in [0.2, 0.25) is 0 Å². The first-order chi connectivity index (χ1) is 29.5. The average Bonchev–Trinajstić information content (AvgIpc) is 3.79. The van der Waals surface area contributed by atoms with Gasteiger partial charge in [0, 0.05) is 21.8 Å². The Bertz CT molecular complexity index is 3740. The Labute approximate surface area is 347 Å². The molecule has 1 aliphatic carbocycles. The predicted molar refractivity (Wildman–Crippen MR) is 255 cm³/mol. The molecule has 0 unspecified atom stereocenters. The Morgan fingerprint density at radius 1 is 0.350 bits per heavy atom. The van der Waals surface area contributed by atoms with Crippen LogP contribution in [0, 0.1) is 0 Å². The molecule has 11 aromatic carbocycles. The van der Waals surface area contributed by atoms with E-state index in [1.165, 1.54) is 120 Å². The fourth-order valence-corrected chi connectivity index (χ4v) is 10.8. The third-order valence-electron chi connectivity index (χ3n) is 13.6. The molecule has 0 saturated heterocycles. The van der Waals surface area contributed by atoms with Crippen molar-refractivity contribution in [2.75, 3.05) is 0 Å². The first kappa shape index (κ1) is 33.5. The Balaban J connectivity index is 0.918. The van der Waals surface area contributed by atoms with Crippen LogP contribution in [0.2, 0.25) is 0 Å². The van der Waals surface area contributed by atoms with Crippen molar-refractivity contribution in [1.29, 1.82) is 0 Å². The lowest BCUT2D eigenvalue weighted by Gasteiger charge is -2.22. The highest BCUT2D eigenvalue weighted by atomic mass is 16.3. The van der Waals surface area contributed by atoms with Crippen molar-refractivity contribution in [3.05, 3.63) is 205 Å². The first-order valence-corrected chi connectivity index (χ1v) is 21.0. The Morgan fingerprint density at radius 2 is 0.883 bits per heavy atom. The molecule has 0 bridgehead atoms. The van der Waals surface area contributed by atoms with Crippen molar-refractivity contribution in [1.82, 2.24) is 0 Å². The van der Waals surface area contributed by atoms with Crippen molar-refractivity contribution in [2.24, 2.45) is 0 Å². The molecule has 60 heavy (non-hydrogen) atoms. The van der Waals surface area contributed by atoms with Gasteiger partial charge in [0.25, 0.3) is 0 Å². The third kappa shape index (κ3) is 4.63. The molecule has 280 valence electrons. The van der Waals surface area contributed by atoms with Crippen LogP contribution in [0.15, 0.2) is 199 Å². The molecule has 0 radical (unpaired) electrons. The van der Waals surface area contributed by atoms with E-state index in [2.05, 4.69) is 208 Å². The Morgan fingerprint density at radius 3 is 1.62 bits per heavy atom. The number of furan rings is 1. The minimum Gasteiger partial charge on any atom is -0.456 e. The van der Waals surface area contributed by atoms with Gasteiger partial charge in [0.15, 0.2) is 0 Å². The molecule has 0 aliphatic heterocycles. The molecule has 0 saturated carbocycles. The molecule has 0 fully saturated rings. The molecule has 0 amide bonds. The summed E-state index contributed by atoms with van der Waals surface area (Å²) in [6, 6.07) is 71.9.